The summed E-state index contributed by atoms with van der Waals surface area (Å²) in [4.78, 5) is 17.5. The van der Waals surface area contributed by atoms with E-state index in [1.165, 1.54) is 19.0 Å². The topological polar surface area (TPSA) is 81.0 Å². The molecule has 0 aromatic carbocycles. The summed E-state index contributed by atoms with van der Waals surface area (Å²) in [5.41, 5.74) is -0.0827. The number of nitrogens with one attached hydrogen (secondary N) is 1. The van der Waals surface area contributed by atoms with Gasteiger partial charge in [0.25, 0.3) is 0 Å². The molecule has 0 saturated heterocycles. The quantitative estimate of drug-likeness (QED) is 0.600. The zero-order valence-corrected chi connectivity index (χ0v) is 8.14. The van der Waals surface area contributed by atoms with Crippen molar-refractivity contribution in [2.45, 2.75) is 31.7 Å². The van der Waals surface area contributed by atoms with Crippen LogP contribution in [0.25, 0.3) is 0 Å². The van der Waals surface area contributed by atoms with Crippen molar-refractivity contribution in [1.29, 1.82) is 0 Å². The predicted octanol–water partition coefficient (Wildman–Crippen LogP) is 1.54. The minimum absolute atomic E-state index is 0.0827. The second-order valence-corrected chi connectivity index (χ2v) is 3.59. The SMILES string of the molecule is O=[N+]([O-])c1cn[c]nc1NC1CCCC1. The normalized spacial score (nSPS) is 16.5. The van der Waals surface area contributed by atoms with Crippen molar-refractivity contribution in [3.05, 3.63) is 22.6 Å². The van der Waals surface area contributed by atoms with Crippen LogP contribution >= 0.6 is 0 Å². The molecule has 1 aliphatic rings. The van der Waals surface area contributed by atoms with Crippen molar-refractivity contribution in [1.82, 2.24) is 9.97 Å². The van der Waals surface area contributed by atoms with E-state index in [9.17, 15) is 10.1 Å². The molecular weight excluding hydrogens is 196 g/mol. The molecule has 0 amide bonds. The molecule has 1 N–H and O–H groups in total. The van der Waals surface area contributed by atoms with Gasteiger partial charge in [-0.15, -0.1) is 0 Å². The molecule has 0 spiro atoms. The highest BCUT2D eigenvalue weighted by molar-refractivity contribution is 5.54. The Hall–Kier alpha value is -1.72. The molecule has 2 rings (SSSR count). The van der Waals surface area contributed by atoms with Crippen molar-refractivity contribution < 1.29 is 4.92 Å². The molecule has 1 aromatic heterocycles. The van der Waals surface area contributed by atoms with Gasteiger partial charge in [0.2, 0.25) is 5.82 Å². The Bertz CT molecular complexity index is 363. The van der Waals surface area contributed by atoms with Crippen LogP contribution < -0.4 is 5.32 Å². The Labute approximate surface area is 86.9 Å². The summed E-state index contributed by atoms with van der Waals surface area (Å²) in [6, 6.07) is 0.298. The van der Waals surface area contributed by atoms with Gasteiger partial charge >= 0.3 is 5.69 Å². The molecule has 1 fully saturated rings. The summed E-state index contributed by atoms with van der Waals surface area (Å²) >= 11 is 0. The molecule has 1 heterocycles. The second kappa shape index (κ2) is 4.20. The molecule has 0 unspecified atom stereocenters. The predicted molar refractivity (Wildman–Crippen MR) is 53.4 cm³/mol. The van der Waals surface area contributed by atoms with Crippen molar-refractivity contribution >= 4 is 11.5 Å². The summed E-state index contributed by atoms with van der Waals surface area (Å²) in [5, 5.41) is 13.7. The fraction of sp³-hybridized carbons (Fsp3) is 0.556. The zero-order valence-electron chi connectivity index (χ0n) is 8.14. The van der Waals surface area contributed by atoms with Gasteiger partial charge in [0.15, 0.2) is 6.33 Å². The van der Waals surface area contributed by atoms with E-state index in [0.717, 1.165) is 12.8 Å². The van der Waals surface area contributed by atoms with Crippen LogP contribution in [-0.4, -0.2) is 20.9 Å². The van der Waals surface area contributed by atoms with Gasteiger partial charge in [-0.1, -0.05) is 12.8 Å². The highest BCUT2D eigenvalue weighted by atomic mass is 16.6. The van der Waals surface area contributed by atoms with E-state index in [1.54, 1.807) is 0 Å². The molecule has 15 heavy (non-hydrogen) atoms. The van der Waals surface area contributed by atoms with Gasteiger partial charge in [-0.3, -0.25) is 10.1 Å². The van der Waals surface area contributed by atoms with E-state index < -0.39 is 4.92 Å². The Kier molecular flexibility index (Phi) is 2.75. The molecule has 6 heteroatoms. The van der Waals surface area contributed by atoms with Crippen molar-refractivity contribution in [2.75, 3.05) is 5.32 Å². The van der Waals surface area contributed by atoms with Crippen LogP contribution in [0.15, 0.2) is 6.20 Å². The number of aromatic nitrogens is 2. The van der Waals surface area contributed by atoms with Crippen LogP contribution in [0, 0.1) is 16.4 Å². The van der Waals surface area contributed by atoms with Gasteiger partial charge in [0.1, 0.15) is 6.20 Å². The molecule has 0 bridgehead atoms. The fourth-order valence-electron chi connectivity index (χ4n) is 1.79. The van der Waals surface area contributed by atoms with E-state index in [-0.39, 0.29) is 11.5 Å². The number of hydrogen-bond acceptors (Lipinski definition) is 5. The average Bonchev–Trinajstić information content (AvgIpc) is 2.71. The zero-order chi connectivity index (χ0) is 10.7. The largest absolute Gasteiger partial charge is 0.361 e. The Morgan fingerprint density at radius 1 is 1.53 bits per heavy atom. The van der Waals surface area contributed by atoms with Crippen molar-refractivity contribution in [3.8, 4) is 0 Å². The molecule has 1 aromatic rings. The first-order chi connectivity index (χ1) is 7.27. The van der Waals surface area contributed by atoms with Gasteiger partial charge in [-0.05, 0) is 12.8 Å². The molecule has 1 radical (unpaired) electrons. The summed E-state index contributed by atoms with van der Waals surface area (Å²) in [7, 11) is 0. The van der Waals surface area contributed by atoms with Crippen LogP contribution in [0.2, 0.25) is 0 Å². The van der Waals surface area contributed by atoms with Crippen LogP contribution in [0.3, 0.4) is 0 Å². The smallest absolute Gasteiger partial charge is 0.329 e. The van der Waals surface area contributed by atoms with Gasteiger partial charge in [-0.25, -0.2) is 9.97 Å². The molecule has 0 aliphatic heterocycles. The minimum Gasteiger partial charge on any atom is -0.361 e. The maximum atomic E-state index is 10.7. The molecule has 1 saturated carbocycles. The lowest BCUT2D eigenvalue weighted by molar-refractivity contribution is -0.384. The van der Waals surface area contributed by atoms with Crippen molar-refractivity contribution in [3.63, 3.8) is 0 Å². The van der Waals surface area contributed by atoms with Gasteiger partial charge in [0, 0.05) is 6.04 Å². The third-order valence-corrected chi connectivity index (χ3v) is 2.54. The van der Waals surface area contributed by atoms with E-state index in [1.807, 2.05) is 0 Å². The Balaban J connectivity index is 2.15. The lowest BCUT2D eigenvalue weighted by atomic mass is 10.2. The average molecular weight is 207 g/mol. The van der Waals surface area contributed by atoms with Crippen LogP contribution in [-0.2, 0) is 0 Å². The summed E-state index contributed by atoms with van der Waals surface area (Å²) in [6.45, 7) is 0. The molecule has 0 atom stereocenters. The van der Waals surface area contributed by atoms with Crippen LogP contribution in [0.4, 0.5) is 11.5 Å². The van der Waals surface area contributed by atoms with Crippen LogP contribution in [0.5, 0.6) is 0 Å². The number of nitrogens with zero attached hydrogens (tertiary/aromatic N) is 3. The number of nitro groups is 1. The maximum absolute atomic E-state index is 10.7. The van der Waals surface area contributed by atoms with Crippen molar-refractivity contribution in [2.24, 2.45) is 0 Å². The summed E-state index contributed by atoms with van der Waals surface area (Å²) in [6.07, 6.45) is 7.95. The monoisotopic (exact) mass is 207 g/mol. The Morgan fingerprint density at radius 2 is 2.27 bits per heavy atom. The first kappa shape index (κ1) is 9.82. The molecular formula is C9H11N4O2. The lowest BCUT2D eigenvalue weighted by Crippen LogP contribution is -2.16. The standard InChI is InChI=1S/C9H11N4O2/c14-13(15)8-5-10-6-11-9(8)12-7-3-1-2-4-7/h5,7H,1-4H2,(H,10,11,12). The number of anilines is 1. The van der Waals surface area contributed by atoms with E-state index >= 15 is 0 Å². The minimum atomic E-state index is -0.481. The maximum Gasteiger partial charge on any atom is 0.329 e. The van der Waals surface area contributed by atoms with Gasteiger partial charge in [0.05, 0.1) is 4.92 Å². The third kappa shape index (κ3) is 2.20. The lowest BCUT2D eigenvalue weighted by Gasteiger charge is -2.11. The second-order valence-electron chi connectivity index (χ2n) is 3.59. The first-order valence-corrected chi connectivity index (χ1v) is 4.91. The molecule has 1 aliphatic carbocycles. The summed E-state index contributed by atoms with van der Waals surface area (Å²) < 4.78 is 0. The first-order valence-electron chi connectivity index (χ1n) is 4.91. The van der Waals surface area contributed by atoms with E-state index in [2.05, 4.69) is 21.6 Å². The highest BCUT2D eigenvalue weighted by Crippen LogP contribution is 2.25. The molecule has 79 valence electrons. The summed E-state index contributed by atoms with van der Waals surface area (Å²) in [5.74, 6) is 0.280. The van der Waals surface area contributed by atoms with E-state index in [0.29, 0.717) is 6.04 Å². The van der Waals surface area contributed by atoms with Crippen LogP contribution in [0.1, 0.15) is 25.7 Å². The Morgan fingerprint density at radius 3 is 2.93 bits per heavy atom. The number of rotatable bonds is 3. The van der Waals surface area contributed by atoms with E-state index in [4.69, 9.17) is 0 Å². The fourth-order valence-corrected chi connectivity index (χ4v) is 1.79. The van der Waals surface area contributed by atoms with Gasteiger partial charge < -0.3 is 5.32 Å². The van der Waals surface area contributed by atoms with Gasteiger partial charge in [-0.2, -0.15) is 0 Å². The number of hydrogen-bond donors (Lipinski definition) is 1. The third-order valence-electron chi connectivity index (χ3n) is 2.54. The highest BCUT2D eigenvalue weighted by Gasteiger charge is 2.20. The molecule has 6 nitrogen and oxygen atoms in total.